The molecule has 4 heterocycles. The van der Waals surface area contributed by atoms with E-state index < -0.39 is 0 Å². The number of piperidine rings is 1. The lowest BCUT2D eigenvalue weighted by Crippen LogP contribution is -2.50. The molecule has 7 heteroatoms. The maximum absolute atomic E-state index is 12.5. The average Bonchev–Trinajstić information content (AvgIpc) is 3.16. The first-order valence-corrected chi connectivity index (χ1v) is 9.57. The van der Waals surface area contributed by atoms with Crippen LogP contribution in [-0.2, 0) is 11.2 Å². The largest absolute Gasteiger partial charge is 0.379 e. The van der Waals surface area contributed by atoms with E-state index in [2.05, 4.69) is 32.4 Å². The van der Waals surface area contributed by atoms with Gasteiger partial charge in [-0.25, -0.2) is 4.98 Å². The molecule has 2 aromatic heterocycles. The fourth-order valence-corrected chi connectivity index (χ4v) is 3.93. The second-order valence-electron chi connectivity index (χ2n) is 7.29. The summed E-state index contributed by atoms with van der Waals surface area (Å²) in [4.78, 5) is 26.6. The van der Waals surface area contributed by atoms with Crippen LogP contribution in [0.15, 0.2) is 43.1 Å². The van der Waals surface area contributed by atoms with Crippen LogP contribution in [0.1, 0.15) is 28.9 Å². The fourth-order valence-electron chi connectivity index (χ4n) is 3.93. The van der Waals surface area contributed by atoms with Gasteiger partial charge < -0.3 is 15.0 Å². The van der Waals surface area contributed by atoms with Crippen molar-refractivity contribution in [2.45, 2.75) is 31.3 Å². The topological polar surface area (TPSA) is 80.2 Å². The molecule has 2 aliphatic heterocycles. The van der Waals surface area contributed by atoms with Crippen LogP contribution in [0.2, 0.25) is 0 Å². The second kappa shape index (κ2) is 8.54. The Kier molecular flexibility index (Phi) is 5.69. The van der Waals surface area contributed by atoms with E-state index in [0.29, 0.717) is 23.7 Å². The summed E-state index contributed by atoms with van der Waals surface area (Å²) in [5.74, 6) is 0.452. The van der Waals surface area contributed by atoms with Crippen LogP contribution in [0.4, 0.5) is 0 Å². The molecular weight excluding hydrogens is 342 g/mol. The van der Waals surface area contributed by atoms with Crippen LogP contribution in [0.25, 0.3) is 0 Å². The lowest BCUT2D eigenvalue weighted by molar-refractivity contribution is 0.0692. The molecule has 0 spiro atoms. The van der Waals surface area contributed by atoms with Crippen molar-refractivity contribution in [2.24, 2.45) is 5.92 Å². The molecule has 2 aromatic rings. The first-order valence-electron chi connectivity index (χ1n) is 9.57. The highest BCUT2D eigenvalue weighted by Crippen LogP contribution is 2.21. The number of pyridine rings is 1. The third-order valence-corrected chi connectivity index (χ3v) is 5.46. The number of carbonyl (C=O) groups excluding carboxylic acids is 1. The Bertz CT molecular complexity index is 735. The van der Waals surface area contributed by atoms with Crippen molar-refractivity contribution in [3.63, 3.8) is 0 Å². The number of likely N-dealkylation sites (tertiary alicyclic amines) is 1. The zero-order valence-corrected chi connectivity index (χ0v) is 15.3. The van der Waals surface area contributed by atoms with Gasteiger partial charge in [-0.05, 0) is 37.0 Å². The maximum atomic E-state index is 12.5. The predicted octanol–water partition coefficient (Wildman–Crippen LogP) is 1.32. The Morgan fingerprint density at radius 2 is 1.93 bits per heavy atom. The Balaban J connectivity index is 1.28. The van der Waals surface area contributed by atoms with Crippen molar-refractivity contribution < 1.29 is 9.53 Å². The average molecular weight is 367 g/mol. The molecule has 27 heavy (non-hydrogen) atoms. The van der Waals surface area contributed by atoms with Crippen molar-refractivity contribution in [1.82, 2.24) is 25.2 Å². The lowest BCUT2D eigenvalue weighted by atomic mass is 9.93. The number of amides is 1. The molecule has 0 unspecified atom stereocenters. The van der Waals surface area contributed by atoms with E-state index in [-0.39, 0.29) is 5.91 Å². The number of rotatable bonds is 5. The minimum Gasteiger partial charge on any atom is -0.379 e. The number of hydrogen-bond acceptors (Lipinski definition) is 6. The first kappa shape index (κ1) is 18.0. The summed E-state index contributed by atoms with van der Waals surface area (Å²) < 4.78 is 5.74. The van der Waals surface area contributed by atoms with Gasteiger partial charge in [0, 0.05) is 55.9 Å². The van der Waals surface area contributed by atoms with E-state index in [4.69, 9.17) is 4.74 Å². The summed E-state index contributed by atoms with van der Waals surface area (Å²) in [5, 5.41) is 3.78. The molecule has 4 rings (SSSR count). The van der Waals surface area contributed by atoms with Crippen molar-refractivity contribution in [3.8, 4) is 0 Å². The van der Waals surface area contributed by atoms with Gasteiger partial charge in [0.2, 0.25) is 0 Å². The standard InChI is InChI=1S/C20H25N5O2/c26-20(18-12-22-7-8-23-18)25-9-3-17(4-10-25)24-19-14-27-13-16(19)11-15-1-5-21-6-2-15/h1-2,5-8,12,16-17,19,24H,3-4,9-11,13-14H2/t16-,19+/m1/s1. The fraction of sp³-hybridized carbons (Fsp3) is 0.500. The Morgan fingerprint density at radius 3 is 2.67 bits per heavy atom. The molecular formula is C20H25N5O2. The highest BCUT2D eigenvalue weighted by molar-refractivity contribution is 5.92. The van der Waals surface area contributed by atoms with Gasteiger partial charge in [-0.2, -0.15) is 0 Å². The van der Waals surface area contributed by atoms with Gasteiger partial charge in [0.05, 0.1) is 19.4 Å². The van der Waals surface area contributed by atoms with Crippen molar-refractivity contribution in [3.05, 3.63) is 54.4 Å². The molecule has 2 fully saturated rings. The lowest BCUT2D eigenvalue weighted by Gasteiger charge is -2.34. The molecule has 1 amide bonds. The van der Waals surface area contributed by atoms with Gasteiger partial charge in [-0.1, -0.05) is 0 Å². The molecule has 1 N–H and O–H groups in total. The van der Waals surface area contributed by atoms with Gasteiger partial charge >= 0.3 is 0 Å². The predicted molar refractivity (Wildman–Crippen MR) is 100 cm³/mol. The van der Waals surface area contributed by atoms with E-state index in [1.165, 1.54) is 11.8 Å². The zero-order chi connectivity index (χ0) is 18.5. The van der Waals surface area contributed by atoms with Gasteiger partial charge in [0.15, 0.2) is 0 Å². The van der Waals surface area contributed by atoms with E-state index in [1.807, 2.05) is 17.3 Å². The third-order valence-electron chi connectivity index (χ3n) is 5.46. The summed E-state index contributed by atoms with van der Waals surface area (Å²) in [6.45, 7) is 3.05. The maximum Gasteiger partial charge on any atom is 0.274 e. The van der Waals surface area contributed by atoms with Crippen LogP contribution in [-0.4, -0.2) is 64.1 Å². The second-order valence-corrected chi connectivity index (χ2v) is 7.29. The monoisotopic (exact) mass is 367 g/mol. The molecule has 2 atom stereocenters. The third kappa shape index (κ3) is 4.48. The van der Waals surface area contributed by atoms with E-state index in [0.717, 1.165) is 45.6 Å². The number of carbonyl (C=O) groups is 1. The Hall–Kier alpha value is -2.38. The number of nitrogens with zero attached hydrogens (tertiary/aromatic N) is 4. The van der Waals surface area contributed by atoms with Gasteiger partial charge in [0.25, 0.3) is 5.91 Å². The van der Waals surface area contributed by atoms with Gasteiger partial charge in [-0.15, -0.1) is 0 Å². The summed E-state index contributed by atoms with van der Waals surface area (Å²) in [6.07, 6.45) is 11.3. The van der Waals surface area contributed by atoms with Gasteiger partial charge in [-0.3, -0.25) is 14.8 Å². The van der Waals surface area contributed by atoms with Crippen molar-refractivity contribution in [1.29, 1.82) is 0 Å². The number of aromatic nitrogens is 3. The quantitative estimate of drug-likeness (QED) is 0.859. The number of ether oxygens (including phenoxy) is 1. The number of nitrogens with one attached hydrogen (secondary N) is 1. The summed E-state index contributed by atoms with van der Waals surface area (Å²) in [7, 11) is 0. The SMILES string of the molecule is O=C(c1cnccn1)N1CCC(N[C@H]2COC[C@H]2Cc2ccncc2)CC1. The molecule has 0 aliphatic carbocycles. The first-order chi connectivity index (χ1) is 13.3. The van der Waals surface area contributed by atoms with Crippen LogP contribution in [0.3, 0.4) is 0 Å². The summed E-state index contributed by atoms with van der Waals surface area (Å²) in [5.41, 5.74) is 1.72. The molecule has 0 bridgehead atoms. The molecule has 0 saturated carbocycles. The van der Waals surface area contributed by atoms with E-state index in [9.17, 15) is 4.79 Å². The van der Waals surface area contributed by atoms with Crippen LogP contribution in [0, 0.1) is 5.92 Å². The summed E-state index contributed by atoms with van der Waals surface area (Å²) in [6, 6.07) is 4.94. The summed E-state index contributed by atoms with van der Waals surface area (Å²) >= 11 is 0. The smallest absolute Gasteiger partial charge is 0.274 e. The molecule has 2 saturated heterocycles. The zero-order valence-electron chi connectivity index (χ0n) is 15.3. The van der Waals surface area contributed by atoms with Crippen LogP contribution >= 0.6 is 0 Å². The molecule has 142 valence electrons. The molecule has 0 aromatic carbocycles. The van der Waals surface area contributed by atoms with Gasteiger partial charge in [0.1, 0.15) is 5.69 Å². The number of hydrogen-bond donors (Lipinski definition) is 1. The molecule has 0 radical (unpaired) electrons. The van der Waals surface area contributed by atoms with Crippen molar-refractivity contribution >= 4 is 5.91 Å². The van der Waals surface area contributed by atoms with E-state index >= 15 is 0 Å². The van der Waals surface area contributed by atoms with Crippen molar-refractivity contribution in [2.75, 3.05) is 26.3 Å². The minimum absolute atomic E-state index is 0.0266. The highest BCUT2D eigenvalue weighted by Gasteiger charge is 2.32. The molecule has 7 nitrogen and oxygen atoms in total. The highest BCUT2D eigenvalue weighted by atomic mass is 16.5. The Morgan fingerprint density at radius 1 is 1.11 bits per heavy atom. The van der Waals surface area contributed by atoms with Crippen LogP contribution in [0.5, 0.6) is 0 Å². The van der Waals surface area contributed by atoms with E-state index in [1.54, 1.807) is 12.4 Å². The minimum atomic E-state index is -0.0266. The van der Waals surface area contributed by atoms with Crippen LogP contribution < -0.4 is 5.32 Å². The normalized spacial score (nSPS) is 23.5. The Labute approximate surface area is 159 Å². The molecule has 2 aliphatic rings.